The molecule has 2 fully saturated rings. The van der Waals surface area contributed by atoms with Crippen molar-refractivity contribution in [3.8, 4) is 0 Å². The highest BCUT2D eigenvalue weighted by Gasteiger charge is 2.34. The predicted octanol–water partition coefficient (Wildman–Crippen LogP) is 2.06. The third kappa shape index (κ3) is 3.83. The maximum Gasteiger partial charge on any atom is 0.303 e. The lowest BCUT2D eigenvalue weighted by Gasteiger charge is -2.47. The topological polar surface area (TPSA) is 43.8 Å². The number of likely N-dealkylation sites (tertiary alicyclic amines) is 2. The molecule has 21 heavy (non-hydrogen) atoms. The number of carboxylic acid groups (broad SMARTS) is 1. The Labute approximate surface area is 126 Å². The van der Waals surface area contributed by atoms with Gasteiger partial charge in [0.25, 0.3) is 0 Å². The van der Waals surface area contributed by atoms with E-state index in [1.165, 1.54) is 18.4 Å². The second kappa shape index (κ2) is 6.58. The second-order valence-corrected chi connectivity index (χ2v) is 6.41. The second-order valence-electron chi connectivity index (χ2n) is 6.41. The fourth-order valence-corrected chi connectivity index (χ4v) is 3.57. The molecule has 3 rings (SSSR count). The van der Waals surface area contributed by atoms with Crippen LogP contribution < -0.4 is 0 Å². The van der Waals surface area contributed by atoms with Crippen molar-refractivity contribution >= 4 is 5.97 Å². The van der Waals surface area contributed by atoms with Crippen LogP contribution in [-0.4, -0.2) is 53.1 Å². The Morgan fingerprint density at radius 3 is 2.43 bits per heavy atom. The zero-order valence-corrected chi connectivity index (χ0v) is 12.4. The van der Waals surface area contributed by atoms with Gasteiger partial charge in [-0.15, -0.1) is 0 Å². The number of aliphatic carboxylic acids is 1. The lowest BCUT2D eigenvalue weighted by molar-refractivity contribution is -0.140. The van der Waals surface area contributed by atoms with Crippen LogP contribution in [0.3, 0.4) is 0 Å². The molecule has 2 heterocycles. The van der Waals surface area contributed by atoms with Gasteiger partial charge >= 0.3 is 5.97 Å². The van der Waals surface area contributed by atoms with Crippen LogP contribution in [0.2, 0.25) is 0 Å². The van der Waals surface area contributed by atoms with Crippen LogP contribution >= 0.6 is 0 Å². The minimum absolute atomic E-state index is 0.337. The third-order valence-corrected chi connectivity index (χ3v) is 4.77. The van der Waals surface area contributed by atoms with E-state index in [-0.39, 0.29) is 0 Å². The monoisotopic (exact) mass is 288 g/mol. The Kier molecular flexibility index (Phi) is 4.56. The van der Waals surface area contributed by atoms with Crippen molar-refractivity contribution in [1.82, 2.24) is 9.80 Å². The van der Waals surface area contributed by atoms with Crippen LogP contribution in [0, 0.1) is 5.92 Å². The Bertz CT molecular complexity index is 463. The Morgan fingerprint density at radius 1 is 1.14 bits per heavy atom. The maximum absolute atomic E-state index is 10.7. The van der Waals surface area contributed by atoms with E-state index in [1.807, 2.05) is 0 Å². The zero-order chi connectivity index (χ0) is 14.7. The molecular formula is C17H24N2O2. The van der Waals surface area contributed by atoms with Gasteiger partial charge in [-0.25, -0.2) is 0 Å². The van der Waals surface area contributed by atoms with Gasteiger partial charge < -0.3 is 5.11 Å². The number of hydrogen-bond acceptors (Lipinski definition) is 3. The number of piperidine rings is 1. The molecule has 4 heteroatoms. The van der Waals surface area contributed by atoms with Gasteiger partial charge in [-0.2, -0.15) is 0 Å². The van der Waals surface area contributed by atoms with Crippen LogP contribution in [0.5, 0.6) is 0 Å². The summed E-state index contributed by atoms with van der Waals surface area (Å²) >= 11 is 0. The fourth-order valence-electron chi connectivity index (χ4n) is 3.57. The van der Waals surface area contributed by atoms with E-state index in [4.69, 9.17) is 5.11 Å². The van der Waals surface area contributed by atoms with Crippen LogP contribution in [0.1, 0.15) is 24.8 Å². The molecule has 1 N–H and O–H groups in total. The summed E-state index contributed by atoms with van der Waals surface area (Å²) in [6.45, 7) is 5.32. The van der Waals surface area contributed by atoms with Crippen LogP contribution in [0.15, 0.2) is 30.3 Å². The first kappa shape index (κ1) is 14.5. The molecule has 2 aliphatic rings. The van der Waals surface area contributed by atoms with Gasteiger partial charge in [-0.3, -0.25) is 14.6 Å². The summed E-state index contributed by atoms with van der Waals surface area (Å²) in [6.07, 6.45) is 2.77. The first-order chi connectivity index (χ1) is 10.2. The van der Waals surface area contributed by atoms with Gasteiger partial charge in [0.2, 0.25) is 0 Å². The Balaban J connectivity index is 1.39. The zero-order valence-electron chi connectivity index (χ0n) is 12.4. The molecule has 0 unspecified atom stereocenters. The smallest absolute Gasteiger partial charge is 0.303 e. The molecule has 2 aliphatic heterocycles. The highest BCUT2D eigenvalue weighted by Crippen LogP contribution is 2.27. The number of nitrogens with zero attached hydrogens (tertiary/aromatic N) is 2. The minimum Gasteiger partial charge on any atom is -0.481 e. The van der Waals surface area contributed by atoms with E-state index < -0.39 is 5.97 Å². The van der Waals surface area contributed by atoms with E-state index in [0.29, 0.717) is 18.4 Å². The Morgan fingerprint density at radius 2 is 1.81 bits per heavy atom. The van der Waals surface area contributed by atoms with Crippen molar-refractivity contribution in [3.63, 3.8) is 0 Å². The molecule has 0 aliphatic carbocycles. The summed E-state index contributed by atoms with van der Waals surface area (Å²) < 4.78 is 0. The normalized spacial score (nSPS) is 22.1. The van der Waals surface area contributed by atoms with E-state index in [1.54, 1.807) is 0 Å². The molecule has 1 aromatic rings. The highest BCUT2D eigenvalue weighted by atomic mass is 16.4. The summed E-state index contributed by atoms with van der Waals surface area (Å²) in [5, 5.41) is 8.80. The van der Waals surface area contributed by atoms with Crippen molar-refractivity contribution < 1.29 is 9.90 Å². The molecule has 0 saturated carbocycles. The molecule has 1 aromatic carbocycles. The van der Waals surface area contributed by atoms with Gasteiger partial charge in [0.05, 0.1) is 6.42 Å². The van der Waals surface area contributed by atoms with Crippen molar-refractivity contribution in [2.24, 2.45) is 5.92 Å². The van der Waals surface area contributed by atoms with E-state index in [2.05, 4.69) is 40.1 Å². The molecule has 0 amide bonds. The standard InChI is InChI=1S/C17H24N2O2/c20-17(21)10-15-12-19(13-15)16-6-8-18(9-7-16)11-14-4-2-1-3-5-14/h1-5,15-16H,6-13H2,(H,20,21). The van der Waals surface area contributed by atoms with Crippen molar-refractivity contribution in [1.29, 1.82) is 0 Å². The summed E-state index contributed by atoms with van der Waals surface area (Å²) in [5.74, 6) is -0.276. The molecule has 114 valence electrons. The Hall–Kier alpha value is -1.39. The van der Waals surface area contributed by atoms with E-state index in [9.17, 15) is 4.79 Å². The highest BCUT2D eigenvalue weighted by molar-refractivity contribution is 5.67. The van der Waals surface area contributed by atoms with E-state index >= 15 is 0 Å². The van der Waals surface area contributed by atoms with Crippen LogP contribution in [0.4, 0.5) is 0 Å². The lowest BCUT2D eigenvalue weighted by Crippen LogP contribution is -2.55. The van der Waals surface area contributed by atoms with Crippen LogP contribution in [-0.2, 0) is 11.3 Å². The molecule has 0 bridgehead atoms. The summed E-state index contributed by atoms with van der Waals surface area (Å²) in [7, 11) is 0. The summed E-state index contributed by atoms with van der Waals surface area (Å²) in [4.78, 5) is 15.7. The quantitative estimate of drug-likeness (QED) is 0.900. The van der Waals surface area contributed by atoms with Gasteiger partial charge in [-0.05, 0) is 37.4 Å². The molecule has 0 atom stereocenters. The molecule has 0 spiro atoms. The van der Waals surface area contributed by atoms with E-state index in [0.717, 1.165) is 32.7 Å². The number of hydrogen-bond donors (Lipinski definition) is 1. The SMILES string of the molecule is O=C(O)CC1CN(C2CCN(Cc3ccccc3)CC2)C1. The van der Waals surface area contributed by atoms with Crippen molar-refractivity contribution in [3.05, 3.63) is 35.9 Å². The summed E-state index contributed by atoms with van der Waals surface area (Å²) in [6, 6.07) is 11.3. The predicted molar refractivity (Wildman–Crippen MR) is 82.1 cm³/mol. The van der Waals surface area contributed by atoms with Crippen LogP contribution in [0.25, 0.3) is 0 Å². The summed E-state index contributed by atoms with van der Waals surface area (Å²) in [5.41, 5.74) is 1.39. The lowest BCUT2D eigenvalue weighted by atomic mass is 9.91. The van der Waals surface area contributed by atoms with Gasteiger partial charge in [0, 0.05) is 25.7 Å². The largest absolute Gasteiger partial charge is 0.481 e. The number of carboxylic acids is 1. The van der Waals surface area contributed by atoms with Crippen molar-refractivity contribution in [2.45, 2.75) is 31.8 Å². The minimum atomic E-state index is -0.655. The molecule has 4 nitrogen and oxygen atoms in total. The first-order valence-corrected chi connectivity index (χ1v) is 7.93. The molecule has 0 radical (unpaired) electrons. The average Bonchev–Trinajstić information content (AvgIpc) is 2.44. The third-order valence-electron chi connectivity index (χ3n) is 4.77. The molecular weight excluding hydrogens is 264 g/mol. The van der Waals surface area contributed by atoms with Gasteiger partial charge in [-0.1, -0.05) is 30.3 Å². The number of benzene rings is 1. The molecule has 2 saturated heterocycles. The fraction of sp³-hybridized carbons (Fsp3) is 0.588. The average molecular weight is 288 g/mol. The maximum atomic E-state index is 10.7. The first-order valence-electron chi connectivity index (χ1n) is 7.93. The van der Waals surface area contributed by atoms with Gasteiger partial charge in [0.15, 0.2) is 0 Å². The van der Waals surface area contributed by atoms with Crippen molar-refractivity contribution in [2.75, 3.05) is 26.2 Å². The molecule has 0 aromatic heterocycles. The number of carbonyl (C=O) groups is 1. The number of rotatable bonds is 5. The van der Waals surface area contributed by atoms with Gasteiger partial charge in [0.1, 0.15) is 0 Å².